The van der Waals surface area contributed by atoms with Gasteiger partial charge in [0.05, 0.1) is 17.9 Å². The zero-order valence-corrected chi connectivity index (χ0v) is 13.4. The lowest BCUT2D eigenvalue weighted by Gasteiger charge is -2.22. The molecule has 4 heterocycles. The average molecular weight is 327 g/mol. The van der Waals surface area contributed by atoms with E-state index in [0.717, 1.165) is 18.5 Å². The summed E-state index contributed by atoms with van der Waals surface area (Å²) in [6.07, 6.45) is 3.13. The summed E-state index contributed by atoms with van der Waals surface area (Å²) in [5.74, 6) is -0.169. The van der Waals surface area contributed by atoms with Crippen molar-refractivity contribution < 1.29 is 4.79 Å². The molecule has 1 aliphatic rings. The van der Waals surface area contributed by atoms with Gasteiger partial charge in [0, 0.05) is 23.9 Å². The van der Waals surface area contributed by atoms with E-state index in [0.29, 0.717) is 29.1 Å². The lowest BCUT2D eigenvalue weighted by Crippen LogP contribution is -2.31. The molecule has 0 bridgehead atoms. The second kappa shape index (κ2) is 5.29. The monoisotopic (exact) mass is 327 g/mol. The van der Waals surface area contributed by atoms with Gasteiger partial charge >= 0.3 is 0 Å². The maximum Gasteiger partial charge on any atom is 0.276 e. The summed E-state index contributed by atoms with van der Waals surface area (Å²) in [7, 11) is 0. The Balaban J connectivity index is 1.75. The van der Waals surface area contributed by atoms with E-state index in [-0.39, 0.29) is 17.5 Å². The quantitative estimate of drug-likeness (QED) is 0.721. The molecule has 24 heavy (non-hydrogen) atoms. The second-order valence-electron chi connectivity index (χ2n) is 6.04. The van der Waals surface area contributed by atoms with Crippen molar-refractivity contribution in [1.29, 1.82) is 0 Å². The van der Waals surface area contributed by atoms with Crippen LogP contribution in [-0.2, 0) is 0 Å². The third-order valence-corrected chi connectivity index (χ3v) is 4.61. The van der Waals surface area contributed by atoms with E-state index in [1.807, 2.05) is 13.0 Å². The molecule has 1 atom stereocenters. The first kappa shape index (κ1) is 14.6. The van der Waals surface area contributed by atoms with Gasteiger partial charge in [0.25, 0.3) is 11.5 Å². The van der Waals surface area contributed by atoms with Gasteiger partial charge in [0.1, 0.15) is 0 Å². The maximum absolute atomic E-state index is 12.6. The van der Waals surface area contributed by atoms with Crippen LogP contribution in [0.25, 0.3) is 5.65 Å². The Kier molecular flexibility index (Phi) is 3.22. The van der Waals surface area contributed by atoms with E-state index >= 15 is 0 Å². The molecule has 1 amide bonds. The summed E-state index contributed by atoms with van der Waals surface area (Å²) in [5.41, 5.74) is 2.88. The number of carbonyl (C=O) groups is 1. The molecular weight excluding hydrogens is 310 g/mol. The van der Waals surface area contributed by atoms with Crippen LogP contribution in [0.5, 0.6) is 0 Å². The molecule has 9 heteroatoms. The first-order valence-electron chi connectivity index (χ1n) is 7.82. The molecule has 2 N–H and O–H groups in total. The smallest absolute Gasteiger partial charge is 0.276 e. The number of hydrogen-bond acceptors (Lipinski definition) is 5. The highest BCUT2D eigenvalue weighted by Gasteiger charge is 2.33. The van der Waals surface area contributed by atoms with E-state index in [9.17, 15) is 9.59 Å². The summed E-state index contributed by atoms with van der Waals surface area (Å²) < 4.78 is 1.44. The fourth-order valence-corrected chi connectivity index (χ4v) is 3.19. The summed E-state index contributed by atoms with van der Waals surface area (Å²) in [6, 6.07) is 1.71. The largest absolute Gasteiger partial charge is 0.329 e. The molecule has 3 aromatic heterocycles. The topological polar surface area (TPSA) is 112 Å². The Morgan fingerprint density at radius 2 is 2.21 bits per heavy atom. The Labute approximate surface area is 136 Å². The van der Waals surface area contributed by atoms with Crippen LogP contribution in [0.3, 0.4) is 0 Å². The molecule has 0 aliphatic carbocycles. The highest BCUT2D eigenvalue weighted by molar-refractivity contribution is 5.92. The zero-order valence-electron chi connectivity index (χ0n) is 13.4. The number of likely N-dealkylation sites (tertiary alicyclic amines) is 1. The van der Waals surface area contributed by atoms with Crippen LogP contribution in [-0.4, -0.2) is 47.4 Å². The first-order chi connectivity index (χ1) is 11.6. The number of aromatic nitrogens is 6. The van der Waals surface area contributed by atoms with Gasteiger partial charge in [-0.25, -0.2) is 9.50 Å². The Morgan fingerprint density at radius 1 is 1.38 bits per heavy atom. The Bertz CT molecular complexity index is 970. The zero-order chi connectivity index (χ0) is 16.8. The van der Waals surface area contributed by atoms with Crippen molar-refractivity contribution in [2.45, 2.75) is 32.7 Å². The minimum Gasteiger partial charge on any atom is -0.329 e. The van der Waals surface area contributed by atoms with Crippen molar-refractivity contribution in [2.75, 3.05) is 6.54 Å². The van der Waals surface area contributed by atoms with Gasteiger partial charge in [-0.15, -0.1) is 0 Å². The molecule has 0 saturated carbocycles. The number of nitrogens with zero attached hydrogens (tertiary/aromatic N) is 5. The molecular formula is C15H17N7O2. The molecule has 1 saturated heterocycles. The van der Waals surface area contributed by atoms with E-state index < -0.39 is 0 Å². The SMILES string of the molecule is Cc1nc2cc([C@H]3CCCN3C(=O)c3cn[nH]n3)[nH]n2c(=O)c1C. The number of carbonyl (C=O) groups excluding carboxylic acids is 1. The maximum atomic E-state index is 12.6. The molecule has 1 fully saturated rings. The van der Waals surface area contributed by atoms with E-state index in [1.165, 1.54) is 10.7 Å². The Hall–Kier alpha value is -2.97. The van der Waals surface area contributed by atoms with Crippen molar-refractivity contribution in [3.63, 3.8) is 0 Å². The predicted octanol–water partition coefficient (Wildman–Crippen LogP) is 0.735. The molecule has 4 rings (SSSR count). The van der Waals surface area contributed by atoms with Crippen molar-refractivity contribution in [3.05, 3.63) is 45.3 Å². The van der Waals surface area contributed by atoms with Crippen LogP contribution in [0.2, 0.25) is 0 Å². The van der Waals surface area contributed by atoms with Gasteiger partial charge < -0.3 is 4.90 Å². The van der Waals surface area contributed by atoms with Crippen molar-refractivity contribution >= 4 is 11.6 Å². The van der Waals surface area contributed by atoms with Crippen molar-refractivity contribution in [1.82, 2.24) is 34.9 Å². The van der Waals surface area contributed by atoms with Crippen LogP contribution >= 0.6 is 0 Å². The van der Waals surface area contributed by atoms with E-state index in [4.69, 9.17) is 0 Å². The second-order valence-corrected chi connectivity index (χ2v) is 6.04. The summed E-state index contributed by atoms with van der Waals surface area (Å²) in [4.78, 5) is 31.2. The number of fused-ring (bicyclic) bond motifs is 1. The number of amides is 1. The highest BCUT2D eigenvalue weighted by Crippen LogP contribution is 2.32. The van der Waals surface area contributed by atoms with Gasteiger partial charge in [0.15, 0.2) is 11.3 Å². The number of hydrogen-bond donors (Lipinski definition) is 2. The van der Waals surface area contributed by atoms with Crippen LogP contribution < -0.4 is 5.56 Å². The predicted molar refractivity (Wildman–Crippen MR) is 84.7 cm³/mol. The van der Waals surface area contributed by atoms with Crippen LogP contribution in [0.1, 0.15) is 46.3 Å². The number of aromatic amines is 2. The van der Waals surface area contributed by atoms with Gasteiger partial charge in [-0.3, -0.25) is 14.7 Å². The number of H-pyrrole nitrogens is 2. The fourth-order valence-electron chi connectivity index (χ4n) is 3.19. The van der Waals surface area contributed by atoms with Crippen LogP contribution in [0.4, 0.5) is 0 Å². The molecule has 0 aromatic carbocycles. The third-order valence-electron chi connectivity index (χ3n) is 4.61. The standard InChI is InChI=1S/C15H17N7O2/c1-8-9(2)17-13-6-10(19-22(13)14(8)23)12-4-3-5-21(12)15(24)11-7-16-20-18-11/h6-7,12,19H,3-5H2,1-2H3,(H,16,18,20)/t12-/m1/s1. The van der Waals surface area contributed by atoms with Crippen molar-refractivity contribution in [2.24, 2.45) is 0 Å². The average Bonchev–Trinajstić information content (AvgIpc) is 3.30. The van der Waals surface area contributed by atoms with Crippen LogP contribution in [0.15, 0.2) is 17.1 Å². The van der Waals surface area contributed by atoms with Gasteiger partial charge in [0.2, 0.25) is 0 Å². The summed E-state index contributed by atoms with van der Waals surface area (Å²) >= 11 is 0. The number of aryl methyl sites for hydroxylation is 1. The first-order valence-corrected chi connectivity index (χ1v) is 7.82. The van der Waals surface area contributed by atoms with Gasteiger partial charge in [-0.1, -0.05) is 0 Å². The normalized spacial score (nSPS) is 17.8. The molecule has 9 nitrogen and oxygen atoms in total. The van der Waals surface area contributed by atoms with E-state index in [2.05, 4.69) is 25.5 Å². The summed E-state index contributed by atoms with van der Waals surface area (Å²) in [6.45, 7) is 4.22. The molecule has 0 unspecified atom stereocenters. The summed E-state index contributed by atoms with van der Waals surface area (Å²) in [5, 5.41) is 13.1. The highest BCUT2D eigenvalue weighted by atomic mass is 16.2. The third kappa shape index (κ3) is 2.12. The minimum absolute atomic E-state index is 0.115. The molecule has 3 aromatic rings. The molecule has 0 radical (unpaired) electrons. The van der Waals surface area contributed by atoms with Gasteiger partial charge in [-0.2, -0.15) is 15.4 Å². The fraction of sp³-hybridized carbons (Fsp3) is 0.400. The van der Waals surface area contributed by atoms with Crippen molar-refractivity contribution in [3.8, 4) is 0 Å². The Morgan fingerprint density at radius 3 is 2.96 bits per heavy atom. The number of nitrogens with one attached hydrogen (secondary N) is 2. The minimum atomic E-state index is -0.169. The molecule has 1 aliphatic heterocycles. The van der Waals surface area contributed by atoms with E-state index in [1.54, 1.807) is 11.8 Å². The molecule has 0 spiro atoms. The number of rotatable bonds is 2. The van der Waals surface area contributed by atoms with Gasteiger partial charge in [-0.05, 0) is 26.7 Å². The molecule has 124 valence electrons. The van der Waals surface area contributed by atoms with Crippen LogP contribution in [0, 0.1) is 13.8 Å². The lowest BCUT2D eigenvalue weighted by atomic mass is 10.1. The lowest BCUT2D eigenvalue weighted by molar-refractivity contribution is 0.0726.